The third kappa shape index (κ3) is 3.06. The van der Waals surface area contributed by atoms with E-state index in [0.29, 0.717) is 10.7 Å². The number of piperidine rings is 1. The van der Waals surface area contributed by atoms with Crippen LogP contribution in [0, 0.1) is 0 Å². The fourth-order valence-corrected chi connectivity index (χ4v) is 4.81. The van der Waals surface area contributed by atoms with E-state index in [9.17, 15) is 0 Å². The molecule has 1 aliphatic heterocycles. The molecule has 1 aromatic rings. The Morgan fingerprint density at radius 1 is 1.35 bits per heavy atom. The summed E-state index contributed by atoms with van der Waals surface area (Å²) < 4.78 is 2.91. The molecular weight excluding hydrogens is 266 g/mol. The number of thioether (sulfide) groups is 1. The van der Waals surface area contributed by atoms with Crippen molar-refractivity contribution >= 4 is 11.8 Å². The molecule has 0 bridgehead atoms. The van der Waals surface area contributed by atoms with Crippen LogP contribution in [-0.4, -0.2) is 33.6 Å². The third-order valence-corrected chi connectivity index (χ3v) is 6.52. The molecule has 1 N–H and O–H groups in total. The van der Waals surface area contributed by atoms with Crippen LogP contribution in [0.25, 0.3) is 0 Å². The van der Waals surface area contributed by atoms with Gasteiger partial charge in [-0.1, -0.05) is 19.3 Å². The predicted octanol–water partition coefficient (Wildman–Crippen LogP) is 3.42. The van der Waals surface area contributed by atoms with E-state index in [4.69, 9.17) is 0 Å². The molecule has 2 aliphatic rings. The van der Waals surface area contributed by atoms with Crippen LogP contribution in [0.15, 0.2) is 12.5 Å². The molecule has 112 valence electrons. The number of nitrogens with zero attached hydrogens (tertiary/aromatic N) is 2. The Morgan fingerprint density at radius 2 is 2.20 bits per heavy atom. The highest BCUT2D eigenvalue weighted by molar-refractivity contribution is 8.00. The lowest BCUT2D eigenvalue weighted by Crippen LogP contribution is -2.35. The van der Waals surface area contributed by atoms with Gasteiger partial charge >= 0.3 is 0 Å². The Balaban J connectivity index is 1.75. The van der Waals surface area contributed by atoms with Crippen LogP contribution in [0.5, 0.6) is 0 Å². The molecule has 0 aromatic carbocycles. The molecule has 0 amide bonds. The Bertz CT molecular complexity index is 417. The van der Waals surface area contributed by atoms with Crippen molar-refractivity contribution in [2.45, 2.75) is 62.2 Å². The highest BCUT2D eigenvalue weighted by Crippen LogP contribution is 2.40. The fourth-order valence-electron chi connectivity index (χ4n) is 3.84. The van der Waals surface area contributed by atoms with Crippen molar-refractivity contribution in [3.63, 3.8) is 0 Å². The molecule has 3 nitrogen and oxygen atoms in total. The van der Waals surface area contributed by atoms with Crippen LogP contribution in [0.3, 0.4) is 0 Å². The quantitative estimate of drug-likeness (QED) is 0.922. The Kier molecular flexibility index (Phi) is 4.72. The first-order valence-corrected chi connectivity index (χ1v) is 9.31. The van der Waals surface area contributed by atoms with Crippen molar-refractivity contribution in [1.29, 1.82) is 0 Å². The predicted molar refractivity (Wildman–Crippen MR) is 86.4 cm³/mol. The first-order valence-electron chi connectivity index (χ1n) is 8.09. The van der Waals surface area contributed by atoms with E-state index in [1.165, 1.54) is 57.2 Å². The third-order valence-electron chi connectivity index (χ3n) is 5.12. The molecular formula is C16H27N3S. The van der Waals surface area contributed by atoms with E-state index in [1.807, 2.05) is 0 Å². The summed E-state index contributed by atoms with van der Waals surface area (Å²) in [6, 6.07) is 0. The van der Waals surface area contributed by atoms with Gasteiger partial charge in [-0.3, -0.25) is 0 Å². The van der Waals surface area contributed by atoms with Gasteiger partial charge < -0.3 is 9.88 Å². The van der Waals surface area contributed by atoms with Gasteiger partial charge in [0, 0.05) is 35.6 Å². The molecule has 0 spiro atoms. The van der Waals surface area contributed by atoms with Crippen LogP contribution in [0.2, 0.25) is 0 Å². The molecule has 1 saturated carbocycles. The van der Waals surface area contributed by atoms with Crippen molar-refractivity contribution in [2.24, 2.45) is 0 Å². The largest absolute Gasteiger partial charge is 0.333 e. The lowest BCUT2D eigenvalue weighted by molar-refractivity contribution is 0.347. The van der Waals surface area contributed by atoms with E-state index in [-0.39, 0.29) is 0 Å². The van der Waals surface area contributed by atoms with E-state index in [2.05, 4.69) is 45.4 Å². The summed E-state index contributed by atoms with van der Waals surface area (Å²) in [5.41, 5.74) is 1.45. The monoisotopic (exact) mass is 293 g/mol. The maximum atomic E-state index is 4.45. The van der Waals surface area contributed by atoms with E-state index >= 15 is 0 Å². The SMILES string of the molecule is CSC1(Cn2cncc2C2CCCNC2)CCCCC1. The Hall–Kier alpha value is -0.480. The average molecular weight is 293 g/mol. The number of imidazole rings is 1. The molecule has 1 aromatic heterocycles. The van der Waals surface area contributed by atoms with Gasteiger partial charge in [0.1, 0.15) is 0 Å². The molecule has 1 aliphatic carbocycles. The second-order valence-corrected chi connectivity index (χ2v) is 7.71. The number of nitrogens with one attached hydrogen (secondary N) is 1. The highest BCUT2D eigenvalue weighted by Gasteiger charge is 2.32. The Morgan fingerprint density at radius 3 is 2.90 bits per heavy atom. The van der Waals surface area contributed by atoms with Gasteiger partial charge in [-0.2, -0.15) is 11.8 Å². The van der Waals surface area contributed by atoms with Crippen molar-refractivity contribution in [2.75, 3.05) is 19.3 Å². The second kappa shape index (κ2) is 6.52. The maximum Gasteiger partial charge on any atom is 0.0948 e. The molecule has 4 heteroatoms. The summed E-state index contributed by atoms with van der Waals surface area (Å²) in [7, 11) is 0. The summed E-state index contributed by atoms with van der Waals surface area (Å²) >= 11 is 2.08. The minimum absolute atomic E-state index is 0.454. The number of aromatic nitrogens is 2. The van der Waals surface area contributed by atoms with Crippen molar-refractivity contribution in [3.05, 3.63) is 18.2 Å². The van der Waals surface area contributed by atoms with Gasteiger partial charge in [0.25, 0.3) is 0 Å². The van der Waals surface area contributed by atoms with Gasteiger partial charge in [-0.25, -0.2) is 4.98 Å². The molecule has 3 rings (SSSR count). The minimum Gasteiger partial charge on any atom is -0.333 e. The van der Waals surface area contributed by atoms with Crippen LogP contribution in [0.1, 0.15) is 56.6 Å². The van der Waals surface area contributed by atoms with Gasteiger partial charge in [-0.05, 0) is 38.5 Å². The van der Waals surface area contributed by atoms with Gasteiger partial charge in [0.2, 0.25) is 0 Å². The molecule has 2 fully saturated rings. The zero-order valence-electron chi connectivity index (χ0n) is 12.6. The van der Waals surface area contributed by atoms with Crippen LogP contribution in [0.4, 0.5) is 0 Å². The standard InChI is InChI=1S/C16H27N3S/c1-20-16(7-3-2-4-8-16)12-19-13-18-11-15(19)14-6-5-9-17-10-14/h11,13-14,17H,2-10,12H2,1H3. The lowest BCUT2D eigenvalue weighted by Gasteiger charge is -2.37. The fraction of sp³-hybridized carbons (Fsp3) is 0.812. The summed E-state index contributed by atoms with van der Waals surface area (Å²) in [5.74, 6) is 0.661. The molecule has 1 atom stereocenters. The van der Waals surface area contributed by atoms with Crippen LogP contribution < -0.4 is 5.32 Å². The summed E-state index contributed by atoms with van der Waals surface area (Å²) in [6.45, 7) is 3.46. The molecule has 2 heterocycles. The van der Waals surface area contributed by atoms with E-state index < -0.39 is 0 Å². The molecule has 1 unspecified atom stereocenters. The van der Waals surface area contributed by atoms with Crippen molar-refractivity contribution < 1.29 is 0 Å². The number of hydrogen-bond donors (Lipinski definition) is 1. The minimum atomic E-state index is 0.454. The van der Waals surface area contributed by atoms with Crippen molar-refractivity contribution in [3.8, 4) is 0 Å². The first-order chi connectivity index (χ1) is 9.83. The van der Waals surface area contributed by atoms with Crippen LogP contribution in [-0.2, 0) is 6.54 Å². The average Bonchev–Trinajstić information content (AvgIpc) is 2.97. The summed E-state index contributed by atoms with van der Waals surface area (Å²) in [6.07, 6.45) is 16.0. The smallest absolute Gasteiger partial charge is 0.0948 e. The summed E-state index contributed by atoms with van der Waals surface area (Å²) in [5, 5.41) is 3.53. The zero-order valence-corrected chi connectivity index (χ0v) is 13.4. The topological polar surface area (TPSA) is 29.9 Å². The van der Waals surface area contributed by atoms with Crippen molar-refractivity contribution in [1.82, 2.24) is 14.9 Å². The van der Waals surface area contributed by atoms with E-state index in [1.54, 1.807) is 0 Å². The second-order valence-electron chi connectivity index (χ2n) is 6.44. The van der Waals surface area contributed by atoms with Crippen LogP contribution >= 0.6 is 11.8 Å². The summed E-state index contributed by atoms with van der Waals surface area (Å²) in [4.78, 5) is 4.45. The Labute approximate surface area is 126 Å². The van der Waals surface area contributed by atoms with Gasteiger partial charge in [-0.15, -0.1) is 0 Å². The normalized spacial score (nSPS) is 26.6. The van der Waals surface area contributed by atoms with Gasteiger partial charge in [0.05, 0.1) is 6.33 Å². The lowest BCUT2D eigenvalue weighted by atomic mass is 9.87. The zero-order chi connectivity index (χ0) is 13.8. The molecule has 20 heavy (non-hydrogen) atoms. The molecule has 0 radical (unpaired) electrons. The molecule has 1 saturated heterocycles. The number of hydrogen-bond acceptors (Lipinski definition) is 3. The van der Waals surface area contributed by atoms with Gasteiger partial charge in [0.15, 0.2) is 0 Å². The first kappa shape index (κ1) is 14.5. The highest BCUT2D eigenvalue weighted by atomic mass is 32.2. The van der Waals surface area contributed by atoms with E-state index in [0.717, 1.165) is 13.1 Å². The maximum absolute atomic E-state index is 4.45. The number of rotatable bonds is 4.